The Hall–Kier alpha value is -1.88. The van der Waals surface area contributed by atoms with Crippen LogP contribution in [-0.2, 0) is 9.59 Å². The number of benzene rings is 1. The highest BCUT2D eigenvalue weighted by atomic mass is 16.2. The van der Waals surface area contributed by atoms with Gasteiger partial charge in [0.2, 0.25) is 11.8 Å². The number of primary amides is 1. The van der Waals surface area contributed by atoms with Gasteiger partial charge in [-0.05, 0) is 19.4 Å². The van der Waals surface area contributed by atoms with Gasteiger partial charge in [-0.25, -0.2) is 0 Å². The summed E-state index contributed by atoms with van der Waals surface area (Å²) in [6.45, 7) is 3.07. The van der Waals surface area contributed by atoms with Crippen molar-refractivity contribution < 1.29 is 9.59 Å². The van der Waals surface area contributed by atoms with E-state index in [1.54, 1.807) is 24.3 Å². The summed E-state index contributed by atoms with van der Waals surface area (Å²) in [5.74, 6) is -1.04. The van der Waals surface area contributed by atoms with Crippen molar-refractivity contribution in [1.29, 1.82) is 0 Å². The largest absolute Gasteiger partial charge is 0.368 e. The van der Waals surface area contributed by atoms with E-state index in [1.165, 1.54) is 13.8 Å². The van der Waals surface area contributed by atoms with Gasteiger partial charge in [-0.3, -0.25) is 9.59 Å². The lowest BCUT2D eigenvalue weighted by molar-refractivity contribution is -0.131. The van der Waals surface area contributed by atoms with Gasteiger partial charge < -0.3 is 16.8 Å². The van der Waals surface area contributed by atoms with Crippen LogP contribution in [-0.4, -0.2) is 17.4 Å². The van der Waals surface area contributed by atoms with E-state index in [0.29, 0.717) is 5.56 Å². The van der Waals surface area contributed by atoms with E-state index in [4.69, 9.17) is 11.5 Å². The lowest BCUT2D eigenvalue weighted by Gasteiger charge is -2.24. The molecule has 2 amide bonds. The van der Waals surface area contributed by atoms with Gasteiger partial charge in [0.1, 0.15) is 11.6 Å². The van der Waals surface area contributed by atoms with Gasteiger partial charge in [0.05, 0.1) is 0 Å². The van der Waals surface area contributed by atoms with Crippen molar-refractivity contribution in [2.45, 2.75) is 25.4 Å². The quantitative estimate of drug-likeness (QED) is 0.688. The first-order valence-corrected chi connectivity index (χ1v) is 5.27. The van der Waals surface area contributed by atoms with Crippen molar-refractivity contribution in [3.8, 4) is 0 Å². The van der Waals surface area contributed by atoms with E-state index in [1.807, 2.05) is 6.07 Å². The molecule has 1 aromatic rings. The minimum absolute atomic E-state index is 0.431. The molecule has 0 saturated heterocycles. The number of nitrogens with one attached hydrogen (secondary N) is 1. The Labute approximate surface area is 100 Å². The number of hydrogen-bond donors (Lipinski definition) is 3. The van der Waals surface area contributed by atoms with Crippen LogP contribution in [0.2, 0.25) is 0 Å². The molecular weight excluding hydrogens is 218 g/mol. The molecule has 0 heterocycles. The number of rotatable bonds is 4. The third-order valence-electron chi connectivity index (χ3n) is 2.49. The lowest BCUT2D eigenvalue weighted by atomic mass is 10.0. The topological polar surface area (TPSA) is 98.2 Å². The number of carbonyl (C=O) groups is 2. The van der Waals surface area contributed by atoms with Crippen molar-refractivity contribution in [3.63, 3.8) is 0 Å². The third kappa shape index (κ3) is 3.29. The summed E-state index contributed by atoms with van der Waals surface area (Å²) in [7, 11) is 0. The van der Waals surface area contributed by atoms with Crippen LogP contribution in [0, 0.1) is 0 Å². The SMILES string of the molecule is CC(C)(NC(=O)[C@@H](N)c1ccccc1)C(N)=O. The van der Waals surface area contributed by atoms with E-state index >= 15 is 0 Å². The third-order valence-corrected chi connectivity index (χ3v) is 2.49. The highest BCUT2D eigenvalue weighted by Crippen LogP contribution is 2.11. The summed E-state index contributed by atoms with van der Waals surface area (Å²) in [5.41, 5.74) is 10.5. The molecule has 1 aromatic carbocycles. The number of carbonyl (C=O) groups excluding carboxylic acids is 2. The zero-order valence-corrected chi connectivity index (χ0v) is 9.94. The molecule has 0 radical (unpaired) electrons. The van der Waals surface area contributed by atoms with E-state index in [9.17, 15) is 9.59 Å². The van der Waals surface area contributed by atoms with Crippen molar-refractivity contribution in [2.75, 3.05) is 0 Å². The Morgan fingerprint density at radius 1 is 1.24 bits per heavy atom. The van der Waals surface area contributed by atoms with E-state index in [0.717, 1.165) is 0 Å². The lowest BCUT2D eigenvalue weighted by Crippen LogP contribution is -2.55. The zero-order chi connectivity index (χ0) is 13.1. The standard InChI is InChI=1S/C12H17N3O2/c1-12(2,11(14)17)15-10(16)9(13)8-6-4-3-5-7-8/h3-7,9H,13H2,1-2H3,(H2,14,17)(H,15,16)/t9-/m0/s1. The molecule has 0 aliphatic carbocycles. The summed E-state index contributed by atoms with van der Waals surface area (Å²) in [6.07, 6.45) is 0. The van der Waals surface area contributed by atoms with Crippen LogP contribution in [0.4, 0.5) is 0 Å². The summed E-state index contributed by atoms with van der Waals surface area (Å²) in [4.78, 5) is 22.9. The Morgan fingerprint density at radius 3 is 2.24 bits per heavy atom. The van der Waals surface area contributed by atoms with Crippen molar-refractivity contribution in [1.82, 2.24) is 5.32 Å². The summed E-state index contributed by atoms with van der Waals surface area (Å²) in [6, 6.07) is 8.11. The molecule has 0 spiro atoms. The van der Waals surface area contributed by atoms with E-state index in [2.05, 4.69) is 5.32 Å². The van der Waals surface area contributed by atoms with Crippen molar-refractivity contribution >= 4 is 11.8 Å². The maximum Gasteiger partial charge on any atom is 0.242 e. The minimum Gasteiger partial charge on any atom is -0.368 e. The van der Waals surface area contributed by atoms with Gasteiger partial charge in [0.25, 0.3) is 0 Å². The Morgan fingerprint density at radius 2 is 1.76 bits per heavy atom. The fourth-order valence-corrected chi connectivity index (χ4v) is 1.26. The zero-order valence-electron chi connectivity index (χ0n) is 9.94. The van der Waals surface area contributed by atoms with Crippen LogP contribution in [0.3, 0.4) is 0 Å². The molecule has 5 nitrogen and oxygen atoms in total. The summed E-state index contributed by atoms with van der Waals surface area (Å²) in [5, 5.41) is 2.52. The highest BCUT2D eigenvalue weighted by molar-refractivity contribution is 5.91. The molecule has 0 unspecified atom stereocenters. The van der Waals surface area contributed by atoms with Gasteiger partial charge in [0, 0.05) is 0 Å². The molecular formula is C12H17N3O2. The summed E-state index contributed by atoms with van der Waals surface area (Å²) < 4.78 is 0. The van der Waals surface area contributed by atoms with Crippen LogP contribution in [0.15, 0.2) is 30.3 Å². The Kier molecular flexibility index (Phi) is 3.85. The maximum atomic E-state index is 11.8. The molecule has 5 heteroatoms. The van der Waals surface area contributed by atoms with E-state index in [-0.39, 0.29) is 0 Å². The predicted octanol–water partition coefficient (Wildman–Crippen LogP) is 0.0665. The van der Waals surface area contributed by atoms with Crippen molar-refractivity contribution in [2.24, 2.45) is 11.5 Å². The molecule has 0 aromatic heterocycles. The second kappa shape index (κ2) is 4.97. The number of nitrogens with two attached hydrogens (primary N) is 2. The molecule has 1 atom stereocenters. The van der Waals surface area contributed by atoms with Gasteiger partial charge >= 0.3 is 0 Å². The first-order chi connectivity index (χ1) is 7.84. The molecule has 92 valence electrons. The Balaban J connectivity index is 2.75. The average molecular weight is 235 g/mol. The molecule has 0 bridgehead atoms. The molecule has 5 N–H and O–H groups in total. The smallest absolute Gasteiger partial charge is 0.242 e. The molecule has 0 fully saturated rings. The number of amides is 2. The maximum absolute atomic E-state index is 11.8. The van der Waals surface area contributed by atoms with Gasteiger partial charge in [-0.1, -0.05) is 30.3 Å². The summed E-state index contributed by atoms with van der Waals surface area (Å²) >= 11 is 0. The molecule has 0 aliphatic heterocycles. The van der Waals surface area contributed by atoms with Gasteiger partial charge in [-0.15, -0.1) is 0 Å². The first-order valence-electron chi connectivity index (χ1n) is 5.27. The minimum atomic E-state index is -1.11. The molecule has 1 rings (SSSR count). The fourth-order valence-electron chi connectivity index (χ4n) is 1.26. The van der Waals surface area contributed by atoms with Crippen LogP contribution in [0.25, 0.3) is 0 Å². The van der Waals surface area contributed by atoms with Crippen LogP contribution in [0.1, 0.15) is 25.5 Å². The van der Waals surface area contributed by atoms with Crippen LogP contribution < -0.4 is 16.8 Å². The molecule has 0 aliphatic rings. The first kappa shape index (κ1) is 13.2. The monoisotopic (exact) mass is 235 g/mol. The normalized spacial score (nSPS) is 12.9. The van der Waals surface area contributed by atoms with Crippen molar-refractivity contribution in [3.05, 3.63) is 35.9 Å². The highest BCUT2D eigenvalue weighted by Gasteiger charge is 2.29. The molecule has 17 heavy (non-hydrogen) atoms. The average Bonchev–Trinajstić information content (AvgIpc) is 2.28. The Bertz CT molecular complexity index is 415. The number of hydrogen-bond acceptors (Lipinski definition) is 3. The van der Waals surface area contributed by atoms with Crippen LogP contribution in [0.5, 0.6) is 0 Å². The second-order valence-electron chi connectivity index (χ2n) is 4.37. The fraction of sp³-hybridized carbons (Fsp3) is 0.333. The van der Waals surface area contributed by atoms with Crippen LogP contribution >= 0.6 is 0 Å². The van der Waals surface area contributed by atoms with Gasteiger partial charge in [0.15, 0.2) is 0 Å². The predicted molar refractivity (Wildman–Crippen MR) is 64.8 cm³/mol. The van der Waals surface area contributed by atoms with E-state index < -0.39 is 23.4 Å². The second-order valence-corrected chi connectivity index (χ2v) is 4.37. The molecule has 0 saturated carbocycles. The van der Waals surface area contributed by atoms with Gasteiger partial charge in [-0.2, -0.15) is 0 Å².